The van der Waals surface area contributed by atoms with E-state index in [-0.39, 0.29) is 24.8 Å². The van der Waals surface area contributed by atoms with Crippen LogP contribution in [0.25, 0.3) is 20.4 Å². The number of aliphatic hydroxyl groups is 2. The molecule has 2 aromatic heterocycles. The van der Waals surface area contributed by atoms with E-state index in [2.05, 4.69) is 82.0 Å². The van der Waals surface area contributed by atoms with Crippen molar-refractivity contribution in [1.82, 2.24) is 24.7 Å². The fourth-order valence-corrected chi connectivity index (χ4v) is 14.8. The summed E-state index contributed by atoms with van der Waals surface area (Å²) in [5.74, 6) is 0.527. The van der Waals surface area contributed by atoms with Crippen LogP contribution in [-0.4, -0.2) is 152 Å². The number of piperidine rings is 3. The topological polar surface area (TPSA) is 110 Å². The Labute approximate surface area is 471 Å². The van der Waals surface area contributed by atoms with Gasteiger partial charge in [-0.15, -0.1) is 0 Å². The van der Waals surface area contributed by atoms with Crippen LogP contribution in [-0.2, 0) is 11.8 Å². The number of aliphatic hydroxyl groups excluding tert-OH is 2. The number of para-hydroxylation sites is 2. The van der Waals surface area contributed by atoms with Crippen LogP contribution >= 0.6 is 22.7 Å². The van der Waals surface area contributed by atoms with Gasteiger partial charge in [0.1, 0.15) is 48.5 Å². The zero-order chi connectivity index (χ0) is 55.0. The second kappa shape index (κ2) is 25.9. The van der Waals surface area contributed by atoms with Gasteiger partial charge in [-0.25, -0.2) is 23.1 Å². The van der Waals surface area contributed by atoms with E-state index in [9.17, 15) is 23.4 Å². The third kappa shape index (κ3) is 13.6. The molecule has 5 aromatic carbocycles. The maximum absolute atomic E-state index is 13.2. The van der Waals surface area contributed by atoms with Crippen LogP contribution in [0.1, 0.15) is 68.9 Å². The Morgan fingerprint density at radius 2 is 1.18 bits per heavy atom. The van der Waals surface area contributed by atoms with Crippen molar-refractivity contribution in [1.29, 1.82) is 0 Å². The molecular weight excluding hydrogens is 1040 g/mol. The number of fused-ring (bicyclic) bond motifs is 3. The molecule has 2 aliphatic carbocycles. The lowest BCUT2D eigenvalue weighted by atomic mass is 9.52. The van der Waals surface area contributed by atoms with Crippen molar-refractivity contribution in [2.24, 2.45) is 5.92 Å². The van der Waals surface area contributed by atoms with E-state index in [4.69, 9.17) is 24.2 Å². The molecule has 1 saturated carbocycles. The highest BCUT2D eigenvalue weighted by Crippen LogP contribution is 2.56. The Bertz CT molecular complexity index is 3010. The number of likely N-dealkylation sites (tertiary alicyclic amines) is 3. The lowest BCUT2D eigenvalue weighted by Gasteiger charge is -2.58. The van der Waals surface area contributed by atoms with E-state index in [1.165, 1.54) is 72.7 Å². The SMILES string of the molecule is CN(c1nc2ccccc2s1)C1CCN(CC(O)COc2ccc(F)cc2)CC1.CN(c1nc2ccccc2s1)C1CCN(C[C@H](O)COc2ccc(F)c(F)c2)CC1.COc1ccc2c(c1)[C@]13CCCC[C@@H]1[C@H](C2)N(C)CC3. The molecule has 7 aromatic rings. The number of β-amino-alcohol motifs (C(OH)–C–C–N with tert-alkyl or cyclic N) is 2. The minimum atomic E-state index is -0.957. The van der Waals surface area contributed by atoms with Gasteiger partial charge in [-0.1, -0.05) is 65.8 Å². The van der Waals surface area contributed by atoms with Crippen LogP contribution in [0.5, 0.6) is 17.2 Å². The van der Waals surface area contributed by atoms with Crippen LogP contribution in [0, 0.1) is 23.4 Å². The molecule has 0 amide bonds. The van der Waals surface area contributed by atoms with E-state index in [0.717, 1.165) is 103 Å². The number of aromatic nitrogens is 2. The maximum Gasteiger partial charge on any atom is 0.186 e. The summed E-state index contributed by atoms with van der Waals surface area (Å²) in [7, 11) is 8.35. The van der Waals surface area contributed by atoms with Crippen LogP contribution in [0.3, 0.4) is 0 Å². The van der Waals surface area contributed by atoms with Gasteiger partial charge in [0.05, 0.1) is 27.5 Å². The predicted octanol–water partition coefficient (Wildman–Crippen LogP) is 11.1. The molecule has 5 atom stereocenters. The second-order valence-electron chi connectivity index (χ2n) is 22.2. The number of ether oxygens (including phenoxy) is 3. The van der Waals surface area contributed by atoms with E-state index in [1.54, 1.807) is 53.0 Å². The number of likely N-dealkylation sites (N-methyl/N-ethyl adjacent to an activating group) is 1. The third-order valence-corrected chi connectivity index (χ3v) is 19.5. The fourth-order valence-electron chi connectivity index (χ4n) is 12.8. The highest BCUT2D eigenvalue weighted by Gasteiger charge is 2.53. The molecule has 0 spiro atoms. The molecule has 79 heavy (non-hydrogen) atoms. The summed E-state index contributed by atoms with van der Waals surface area (Å²) in [6, 6.07) is 34.1. The quantitative estimate of drug-likeness (QED) is 0.102. The van der Waals surface area contributed by atoms with Gasteiger partial charge in [0, 0.05) is 83.0 Å². The molecule has 3 aliphatic heterocycles. The zero-order valence-electron chi connectivity index (χ0n) is 46.0. The Morgan fingerprint density at radius 3 is 1.73 bits per heavy atom. The molecule has 422 valence electrons. The fraction of sp³-hybridized carbons (Fsp3) is 0.484. The van der Waals surface area contributed by atoms with E-state index < -0.39 is 23.8 Å². The van der Waals surface area contributed by atoms with Gasteiger partial charge in [0.2, 0.25) is 0 Å². The smallest absolute Gasteiger partial charge is 0.186 e. The number of nitrogens with zero attached hydrogens (tertiary/aromatic N) is 7. The number of hydrogen-bond acceptors (Lipinski definition) is 14. The van der Waals surface area contributed by atoms with Gasteiger partial charge in [-0.3, -0.25) is 0 Å². The first-order valence-electron chi connectivity index (χ1n) is 28.1. The van der Waals surface area contributed by atoms with Crippen LogP contribution in [0.4, 0.5) is 23.4 Å². The first-order valence-corrected chi connectivity index (χ1v) is 29.8. The lowest BCUT2D eigenvalue weighted by molar-refractivity contribution is 0.00274. The molecule has 5 heterocycles. The Hall–Kier alpha value is -5.53. The van der Waals surface area contributed by atoms with E-state index in [0.29, 0.717) is 36.3 Å². The van der Waals surface area contributed by atoms with Crippen LogP contribution < -0.4 is 24.0 Å². The van der Waals surface area contributed by atoms with Crippen molar-refractivity contribution < 1.29 is 37.6 Å². The van der Waals surface area contributed by atoms with Gasteiger partial charge < -0.3 is 48.9 Å². The lowest BCUT2D eigenvalue weighted by Crippen LogP contribution is -2.59. The Balaban J connectivity index is 0.000000136. The average Bonchev–Trinajstić information content (AvgIpc) is 4.20. The molecule has 0 radical (unpaired) electrons. The van der Waals surface area contributed by atoms with Crippen molar-refractivity contribution in [2.45, 2.75) is 100.0 Å². The van der Waals surface area contributed by atoms with Gasteiger partial charge >= 0.3 is 0 Å². The molecule has 2 bridgehead atoms. The minimum Gasteiger partial charge on any atom is -0.497 e. The number of rotatable bonds is 15. The van der Waals surface area contributed by atoms with Crippen LogP contribution in [0.2, 0.25) is 0 Å². The van der Waals surface area contributed by atoms with Crippen molar-refractivity contribution in [3.8, 4) is 17.2 Å². The molecule has 2 N–H and O–H groups in total. The number of methoxy groups -OCH3 is 1. The number of halogens is 3. The Morgan fingerprint density at radius 1 is 0.633 bits per heavy atom. The van der Waals surface area contributed by atoms with Gasteiger partial charge in [0.25, 0.3) is 0 Å². The van der Waals surface area contributed by atoms with Crippen molar-refractivity contribution in [3.63, 3.8) is 0 Å². The number of anilines is 2. The first kappa shape index (κ1) is 56.7. The monoisotopic (exact) mass is 1120 g/mol. The molecule has 4 fully saturated rings. The standard InChI is InChI=1S/C22H25F2N3O2S.C22H26FN3O2S.C18H25NO/c1-26(22-25-20-4-2-3-5-21(20)30-22)15-8-10-27(11-9-15)13-16(28)14-29-17-6-7-18(23)19(24)12-17;1-25(22-24-20-4-2-3-5-21(20)29-22)17-10-12-26(13-11-17)14-18(27)15-28-19-8-6-16(23)7-9-19;1-19-10-9-18-8-4-3-5-15(18)17(19)11-13-6-7-14(20-2)12-16(13)18/h2-7,12,15-16,28H,8-11,13-14H2,1H3;2-9,17-18,27H,10-15H2,1H3;6-7,12,15,17H,3-5,8-11H2,1-2H3/t16-;;15-,17+,18+/m0.1/s1. The summed E-state index contributed by atoms with van der Waals surface area (Å²) in [5.41, 5.74) is 5.76. The van der Waals surface area contributed by atoms with Gasteiger partial charge in [-0.2, -0.15) is 0 Å². The Kier molecular flexibility index (Phi) is 18.6. The molecule has 3 saturated heterocycles. The van der Waals surface area contributed by atoms with Gasteiger partial charge in [-0.05, 0) is 155 Å². The van der Waals surface area contributed by atoms with Crippen molar-refractivity contribution in [2.75, 3.05) is 97.1 Å². The van der Waals surface area contributed by atoms with Crippen molar-refractivity contribution in [3.05, 3.63) is 138 Å². The van der Waals surface area contributed by atoms with E-state index in [1.807, 2.05) is 30.3 Å². The number of benzene rings is 5. The van der Waals surface area contributed by atoms with Crippen LogP contribution in [0.15, 0.2) is 109 Å². The summed E-state index contributed by atoms with van der Waals surface area (Å²) < 4.78 is 58.0. The van der Waals surface area contributed by atoms with E-state index >= 15 is 0 Å². The zero-order valence-corrected chi connectivity index (χ0v) is 47.6. The normalized spacial score (nSPS) is 21.6. The summed E-state index contributed by atoms with van der Waals surface area (Å²) in [6.45, 7) is 6.21. The molecule has 12 nitrogen and oxygen atoms in total. The summed E-state index contributed by atoms with van der Waals surface area (Å²) in [6.07, 6.45) is 11.0. The summed E-state index contributed by atoms with van der Waals surface area (Å²) in [4.78, 5) is 21.2. The molecule has 17 heteroatoms. The number of thiazole rings is 2. The molecule has 12 rings (SSSR count). The largest absolute Gasteiger partial charge is 0.497 e. The maximum atomic E-state index is 13.2. The number of hydrogen-bond donors (Lipinski definition) is 2. The van der Waals surface area contributed by atoms with Gasteiger partial charge in [0.15, 0.2) is 21.9 Å². The summed E-state index contributed by atoms with van der Waals surface area (Å²) >= 11 is 3.45. The first-order chi connectivity index (χ1) is 38.3. The molecule has 1 unspecified atom stereocenters. The highest BCUT2D eigenvalue weighted by atomic mass is 32.1. The minimum absolute atomic E-state index is 0.0383. The highest BCUT2D eigenvalue weighted by molar-refractivity contribution is 7.22. The predicted molar refractivity (Wildman–Crippen MR) is 312 cm³/mol. The third-order valence-electron chi connectivity index (χ3n) is 17.2. The molecule has 5 aliphatic rings. The second-order valence-corrected chi connectivity index (χ2v) is 24.2. The molecular formula is C62H76F3N7O5S2. The summed E-state index contributed by atoms with van der Waals surface area (Å²) in [5, 5.41) is 22.7. The van der Waals surface area contributed by atoms with Crippen molar-refractivity contribution >= 4 is 53.4 Å². The average molecular weight is 1120 g/mol.